The summed E-state index contributed by atoms with van der Waals surface area (Å²) in [6.45, 7) is 7.44. The van der Waals surface area contributed by atoms with Crippen LogP contribution in [0.3, 0.4) is 0 Å². The molecule has 0 unspecified atom stereocenters. The molecule has 0 radical (unpaired) electrons. The third-order valence-corrected chi connectivity index (χ3v) is 3.94. The molecule has 1 aliphatic heterocycles. The molecular weight excluding hydrogens is 281 g/mol. The Balaban J connectivity index is 2.46. The van der Waals surface area contributed by atoms with Crippen molar-refractivity contribution < 1.29 is 4.39 Å². The third-order valence-electron chi connectivity index (χ3n) is 3.36. The van der Waals surface area contributed by atoms with Crippen molar-refractivity contribution in [3.63, 3.8) is 0 Å². The Bertz CT molecular complexity index is 417. The predicted molar refractivity (Wildman–Crippen MR) is 72.8 cm³/mol. The lowest BCUT2D eigenvalue weighted by Crippen LogP contribution is -2.17. The van der Waals surface area contributed by atoms with Gasteiger partial charge >= 0.3 is 0 Å². The van der Waals surface area contributed by atoms with Crippen LogP contribution in [0, 0.1) is 5.82 Å². The zero-order valence-electron chi connectivity index (χ0n) is 10.6. The minimum atomic E-state index is -0.114. The normalized spacial score (nSPS) is 20.9. The molecule has 17 heavy (non-hydrogen) atoms. The lowest BCUT2D eigenvalue weighted by atomic mass is 9.85. The van der Waals surface area contributed by atoms with Crippen LogP contribution in [0.4, 0.5) is 4.39 Å². The molecule has 0 saturated carbocycles. The van der Waals surface area contributed by atoms with Gasteiger partial charge in [0.15, 0.2) is 0 Å². The van der Waals surface area contributed by atoms with Gasteiger partial charge in [0.2, 0.25) is 0 Å². The van der Waals surface area contributed by atoms with Crippen molar-refractivity contribution in [3.8, 4) is 0 Å². The van der Waals surface area contributed by atoms with E-state index in [9.17, 15) is 4.39 Å². The molecule has 1 fully saturated rings. The summed E-state index contributed by atoms with van der Waals surface area (Å²) in [5, 5.41) is 3.36. The van der Waals surface area contributed by atoms with E-state index in [0.29, 0.717) is 4.47 Å². The first kappa shape index (κ1) is 13.0. The first-order valence-electron chi connectivity index (χ1n) is 6.12. The molecule has 1 saturated heterocycles. The molecule has 1 nitrogen and oxygen atoms in total. The van der Waals surface area contributed by atoms with Crippen LogP contribution >= 0.6 is 15.9 Å². The van der Waals surface area contributed by atoms with E-state index in [4.69, 9.17) is 0 Å². The second-order valence-electron chi connectivity index (χ2n) is 5.76. The zero-order valence-corrected chi connectivity index (χ0v) is 12.2. The lowest BCUT2D eigenvalue weighted by molar-refractivity contribution is 0.541. The van der Waals surface area contributed by atoms with Gasteiger partial charge in [-0.05, 0) is 52.4 Å². The average Bonchev–Trinajstić information content (AvgIpc) is 2.73. The summed E-state index contributed by atoms with van der Waals surface area (Å²) in [6, 6.07) is 4.09. The van der Waals surface area contributed by atoms with Crippen molar-refractivity contribution >= 4 is 15.9 Å². The molecule has 0 aliphatic carbocycles. The summed E-state index contributed by atoms with van der Waals surface area (Å²) in [4.78, 5) is 0. The van der Waals surface area contributed by atoms with E-state index in [1.165, 1.54) is 5.56 Å². The van der Waals surface area contributed by atoms with Crippen LogP contribution in [-0.4, -0.2) is 6.54 Å². The largest absolute Gasteiger partial charge is 0.310 e. The van der Waals surface area contributed by atoms with Crippen LogP contribution in [0.1, 0.15) is 50.8 Å². The minimum Gasteiger partial charge on any atom is -0.310 e. The molecule has 0 aromatic heterocycles. The summed E-state index contributed by atoms with van der Waals surface area (Å²) in [7, 11) is 0. The summed E-state index contributed by atoms with van der Waals surface area (Å²) < 4.78 is 14.7. The number of benzene rings is 1. The Hall–Kier alpha value is -0.410. The second kappa shape index (κ2) is 4.69. The van der Waals surface area contributed by atoms with E-state index < -0.39 is 0 Å². The summed E-state index contributed by atoms with van der Waals surface area (Å²) in [5.41, 5.74) is 2.03. The molecule has 1 atom stereocenters. The van der Waals surface area contributed by atoms with Crippen LogP contribution in [-0.2, 0) is 5.41 Å². The fourth-order valence-electron chi connectivity index (χ4n) is 2.25. The number of rotatable bonds is 1. The summed E-state index contributed by atoms with van der Waals surface area (Å²) in [6.07, 6.45) is 2.15. The molecule has 94 valence electrons. The van der Waals surface area contributed by atoms with Crippen LogP contribution in [0.15, 0.2) is 16.6 Å². The third kappa shape index (κ3) is 2.71. The molecule has 2 rings (SSSR count). The Kier molecular flexibility index (Phi) is 3.60. The number of hydrogen-bond acceptors (Lipinski definition) is 1. The highest BCUT2D eigenvalue weighted by Gasteiger charge is 2.24. The van der Waals surface area contributed by atoms with Crippen LogP contribution in [0.2, 0.25) is 0 Å². The smallest absolute Gasteiger partial charge is 0.142 e. The topological polar surface area (TPSA) is 12.0 Å². The summed E-state index contributed by atoms with van der Waals surface area (Å²) >= 11 is 3.33. The predicted octanol–water partition coefficient (Wildman–Crippen LogP) is 4.31. The maximum absolute atomic E-state index is 14.1. The minimum absolute atomic E-state index is 0.0452. The Morgan fingerprint density at radius 2 is 2.06 bits per heavy atom. The highest BCUT2D eigenvalue weighted by molar-refractivity contribution is 9.10. The van der Waals surface area contributed by atoms with Crippen molar-refractivity contribution in [2.45, 2.75) is 45.1 Å². The fourth-order valence-corrected chi connectivity index (χ4v) is 2.72. The van der Waals surface area contributed by atoms with E-state index in [1.54, 1.807) is 0 Å². The fraction of sp³-hybridized carbons (Fsp3) is 0.571. The van der Waals surface area contributed by atoms with Crippen molar-refractivity contribution in [1.29, 1.82) is 0 Å². The van der Waals surface area contributed by atoms with Crippen LogP contribution in [0.5, 0.6) is 0 Å². The number of nitrogens with one attached hydrogen (secondary N) is 1. The van der Waals surface area contributed by atoms with Crippen LogP contribution < -0.4 is 5.32 Å². The van der Waals surface area contributed by atoms with Gasteiger partial charge in [0, 0.05) is 11.6 Å². The molecular formula is C14H19BrFN. The SMILES string of the molecule is CC(C)(C)c1cc(Br)c(F)c([C@H]2CCCN2)c1. The zero-order chi connectivity index (χ0) is 12.6. The van der Waals surface area contributed by atoms with Crippen molar-refractivity contribution in [1.82, 2.24) is 5.32 Å². The quantitative estimate of drug-likeness (QED) is 0.815. The highest BCUT2D eigenvalue weighted by atomic mass is 79.9. The maximum Gasteiger partial charge on any atom is 0.142 e. The Morgan fingerprint density at radius 3 is 2.59 bits per heavy atom. The Morgan fingerprint density at radius 1 is 1.35 bits per heavy atom. The Labute approximate surface area is 111 Å². The van der Waals surface area contributed by atoms with E-state index in [1.807, 2.05) is 12.1 Å². The van der Waals surface area contributed by atoms with Gasteiger partial charge < -0.3 is 5.32 Å². The van der Waals surface area contributed by atoms with Crippen molar-refractivity contribution in [2.75, 3.05) is 6.54 Å². The van der Waals surface area contributed by atoms with Gasteiger partial charge in [0.1, 0.15) is 5.82 Å². The van der Waals surface area contributed by atoms with Gasteiger partial charge in [0.05, 0.1) is 4.47 Å². The number of hydrogen-bond donors (Lipinski definition) is 1. The van der Waals surface area contributed by atoms with E-state index in [0.717, 1.165) is 24.9 Å². The van der Waals surface area contributed by atoms with Gasteiger partial charge in [-0.3, -0.25) is 0 Å². The van der Waals surface area contributed by atoms with Crippen molar-refractivity contribution in [2.24, 2.45) is 0 Å². The van der Waals surface area contributed by atoms with Gasteiger partial charge in [-0.15, -0.1) is 0 Å². The molecule has 0 bridgehead atoms. The second-order valence-corrected chi connectivity index (χ2v) is 6.61. The average molecular weight is 300 g/mol. The van der Waals surface area contributed by atoms with Gasteiger partial charge in [-0.1, -0.05) is 26.8 Å². The van der Waals surface area contributed by atoms with E-state index in [-0.39, 0.29) is 17.3 Å². The molecule has 1 N–H and O–H groups in total. The molecule has 0 amide bonds. The standard InChI is InChI=1S/C14H19BrFN/c1-14(2,3)9-7-10(12-5-4-6-17-12)13(16)11(15)8-9/h7-8,12,17H,4-6H2,1-3H3/t12-/m1/s1. The molecule has 1 aromatic rings. The molecule has 0 spiro atoms. The molecule has 3 heteroatoms. The van der Waals surface area contributed by atoms with Gasteiger partial charge in [0.25, 0.3) is 0 Å². The van der Waals surface area contributed by atoms with E-state index in [2.05, 4.69) is 42.0 Å². The molecule has 1 aromatic carbocycles. The number of halogens is 2. The molecule has 1 heterocycles. The highest BCUT2D eigenvalue weighted by Crippen LogP contribution is 2.34. The van der Waals surface area contributed by atoms with Gasteiger partial charge in [-0.25, -0.2) is 4.39 Å². The first-order chi connectivity index (χ1) is 7.89. The molecule has 1 aliphatic rings. The lowest BCUT2D eigenvalue weighted by Gasteiger charge is -2.22. The monoisotopic (exact) mass is 299 g/mol. The van der Waals surface area contributed by atoms with Crippen LogP contribution in [0.25, 0.3) is 0 Å². The van der Waals surface area contributed by atoms with E-state index >= 15 is 0 Å². The summed E-state index contributed by atoms with van der Waals surface area (Å²) in [5.74, 6) is -0.114. The van der Waals surface area contributed by atoms with Gasteiger partial charge in [-0.2, -0.15) is 0 Å². The first-order valence-corrected chi connectivity index (χ1v) is 6.91. The maximum atomic E-state index is 14.1. The van der Waals surface area contributed by atoms with Crippen molar-refractivity contribution in [3.05, 3.63) is 33.5 Å².